The standard InChI is InChI=1S/C23H25NO3S2/c1-4-20(26-5-2)18-10-6-17(7-11-18)15-27-19-12-8-16(9-13-19)14-21-22(25)24-23(28-3)29-21/h6-14,20H,4-5,15H2,1-3H3/b21-14-. The van der Waals surface area contributed by atoms with Crippen LogP contribution in [0, 0.1) is 0 Å². The largest absolute Gasteiger partial charge is 0.489 e. The molecule has 0 saturated heterocycles. The van der Waals surface area contributed by atoms with E-state index in [2.05, 4.69) is 36.2 Å². The lowest BCUT2D eigenvalue weighted by molar-refractivity contribution is -0.113. The number of amides is 1. The molecule has 0 saturated carbocycles. The monoisotopic (exact) mass is 427 g/mol. The minimum atomic E-state index is -0.169. The molecule has 0 fully saturated rings. The van der Waals surface area contributed by atoms with E-state index in [-0.39, 0.29) is 12.0 Å². The summed E-state index contributed by atoms with van der Waals surface area (Å²) in [6.07, 6.45) is 4.90. The first-order valence-corrected chi connectivity index (χ1v) is 11.7. The fourth-order valence-electron chi connectivity index (χ4n) is 2.93. The second kappa shape index (κ2) is 10.7. The fourth-order valence-corrected chi connectivity index (χ4v) is 4.36. The molecule has 1 atom stereocenters. The molecule has 29 heavy (non-hydrogen) atoms. The third-order valence-electron chi connectivity index (χ3n) is 4.45. The van der Waals surface area contributed by atoms with Crippen molar-refractivity contribution in [2.45, 2.75) is 33.0 Å². The number of hydrogen-bond acceptors (Lipinski definition) is 5. The number of nitrogens with zero attached hydrogens (tertiary/aromatic N) is 1. The predicted molar refractivity (Wildman–Crippen MR) is 123 cm³/mol. The van der Waals surface area contributed by atoms with E-state index in [1.165, 1.54) is 29.1 Å². The van der Waals surface area contributed by atoms with Crippen molar-refractivity contribution in [3.05, 3.63) is 70.1 Å². The molecule has 0 aromatic heterocycles. The second-order valence-electron chi connectivity index (χ2n) is 6.45. The van der Waals surface area contributed by atoms with E-state index in [1.807, 2.05) is 43.5 Å². The molecule has 3 rings (SSSR count). The number of hydrogen-bond donors (Lipinski definition) is 0. The molecule has 0 N–H and O–H groups in total. The Morgan fingerprint density at radius 1 is 1.10 bits per heavy atom. The van der Waals surface area contributed by atoms with Gasteiger partial charge in [0.15, 0.2) is 0 Å². The van der Waals surface area contributed by atoms with Crippen molar-refractivity contribution < 1.29 is 14.3 Å². The van der Waals surface area contributed by atoms with Gasteiger partial charge in [0.05, 0.1) is 11.0 Å². The third kappa shape index (κ3) is 5.98. The highest BCUT2D eigenvalue weighted by molar-refractivity contribution is 8.40. The van der Waals surface area contributed by atoms with Crippen LogP contribution in [0.2, 0.25) is 0 Å². The Labute approximate surface area is 180 Å². The van der Waals surface area contributed by atoms with Gasteiger partial charge in [0.1, 0.15) is 16.7 Å². The lowest BCUT2D eigenvalue weighted by Gasteiger charge is -2.15. The summed E-state index contributed by atoms with van der Waals surface area (Å²) in [4.78, 5) is 16.5. The van der Waals surface area contributed by atoms with Crippen molar-refractivity contribution in [3.63, 3.8) is 0 Å². The molecule has 2 aromatic carbocycles. The van der Waals surface area contributed by atoms with Gasteiger partial charge in [0.25, 0.3) is 5.91 Å². The molecule has 4 nitrogen and oxygen atoms in total. The molecular weight excluding hydrogens is 402 g/mol. The quantitative estimate of drug-likeness (QED) is 0.477. The summed E-state index contributed by atoms with van der Waals surface area (Å²) in [5, 5.41) is 0. The van der Waals surface area contributed by atoms with Crippen LogP contribution in [0.15, 0.2) is 58.4 Å². The van der Waals surface area contributed by atoms with Gasteiger partial charge < -0.3 is 9.47 Å². The van der Waals surface area contributed by atoms with Crippen LogP contribution in [0.4, 0.5) is 0 Å². The maximum absolute atomic E-state index is 11.9. The van der Waals surface area contributed by atoms with Gasteiger partial charge in [-0.2, -0.15) is 4.99 Å². The van der Waals surface area contributed by atoms with Crippen LogP contribution >= 0.6 is 23.5 Å². The summed E-state index contributed by atoms with van der Waals surface area (Å²) >= 11 is 2.90. The Morgan fingerprint density at radius 3 is 2.41 bits per heavy atom. The van der Waals surface area contributed by atoms with Crippen molar-refractivity contribution >= 4 is 39.9 Å². The van der Waals surface area contributed by atoms with Crippen LogP contribution in [0.1, 0.15) is 43.1 Å². The lowest BCUT2D eigenvalue weighted by Crippen LogP contribution is -2.03. The van der Waals surface area contributed by atoms with E-state index in [4.69, 9.17) is 9.47 Å². The summed E-state index contributed by atoms with van der Waals surface area (Å²) in [6, 6.07) is 16.1. The number of carbonyl (C=O) groups is 1. The van der Waals surface area contributed by atoms with E-state index >= 15 is 0 Å². The summed E-state index contributed by atoms with van der Waals surface area (Å²) in [5.41, 5.74) is 3.26. The maximum Gasteiger partial charge on any atom is 0.285 e. The van der Waals surface area contributed by atoms with Gasteiger partial charge in [-0.15, -0.1) is 11.8 Å². The molecule has 0 radical (unpaired) electrons. The van der Waals surface area contributed by atoms with Gasteiger partial charge in [-0.3, -0.25) is 4.79 Å². The van der Waals surface area contributed by atoms with Gasteiger partial charge in [-0.1, -0.05) is 55.1 Å². The number of ether oxygens (including phenoxy) is 2. The summed E-state index contributed by atoms with van der Waals surface area (Å²) in [5.74, 6) is 0.626. The van der Waals surface area contributed by atoms with Gasteiger partial charge in [-0.05, 0) is 54.5 Å². The first-order chi connectivity index (χ1) is 14.1. The second-order valence-corrected chi connectivity index (χ2v) is 8.53. The Hall–Kier alpha value is -2.02. The van der Waals surface area contributed by atoms with Crippen molar-refractivity contribution in [2.24, 2.45) is 4.99 Å². The average molecular weight is 428 g/mol. The lowest BCUT2D eigenvalue weighted by atomic mass is 10.1. The fraction of sp³-hybridized carbons (Fsp3) is 0.304. The van der Waals surface area contributed by atoms with Gasteiger partial charge in [-0.25, -0.2) is 0 Å². The van der Waals surface area contributed by atoms with E-state index in [9.17, 15) is 4.79 Å². The van der Waals surface area contributed by atoms with Crippen LogP contribution in [-0.4, -0.2) is 23.1 Å². The SMILES string of the molecule is CCOC(CC)c1ccc(COc2ccc(/C=C3\SC(SC)=NC3=O)cc2)cc1. The van der Waals surface area contributed by atoms with Crippen molar-refractivity contribution in [1.29, 1.82) is 0 Å². The van der Waals surface area contributed by atoms with E-state index in [0.29, 0.717) is 18.1 Å². The van der Waals surface area contributed by atoms with Gasteiger partial charge in [0.2, 0.25) is 0 Å². The Kier molecular flexibility index (Phi) is 7.98. The summed E-state index contributed by atoms with van der Waals surface area (Å²) in [6.45, 7) is 5.37. The van der Waals surface area contributed by atoms with Crippen LogP contribution in [0.25, 0.3) is 6.08 Å². The topological polar surface area (TPSA) is 47.9 Å². The number of benzene rings is 2. The molecule has 0 spiro atoms. The summed E-state index contributed by atoms with van der Waals surface area (Å²) in [7, 11) is 0. The predicted octanol–water partition coefficient (Wildman–Crippen LogP) is 6.09. The first kappa shape index (κ1) is 21.7. The Morgan fingerprint density at radius 2 is 1.83 bits per heavy atom. The van der Waals surface area contributed by atoms with Crippen molar-refractivity contribution in [3.8, 4) is 5.75 Å². The molecular formula is C23H25NO3S2. The van der Waals surface area contributed by atoms with Crippen molar-refractivity contribution in [2.75, 3.05) is 12.9 Å². The van der Waals surface area contributed by atoms with E-state index in [1.54, 1.807) is 0 Å². The molecule has 1 aliphatic heterocycles. The normalized spacial score (nSPS) is 16.2. The molecule has 1 unspecified atom stereocenters. The highest BCUT2D eigenvalue weighted by Gasteiger charge is 2.20. The van der Waals surface area contributed by atoms with E-state index < -0.39 is 0 Å². The highest BCUT2D eigenvalue weighted by atomic mass is 32.2. The van der Waals surface area contributed by atoms with Gasteiger partial charge in [0, 0.05) is 6.61 Å². The van der Waals surface area contributed by atoms with Crippen LogP contribution in [0.3, 0.4) is 0 Å². The smallest absolute Gasteiger partial charge is 0.285 e. The molecule has 152 valence electrons. The Bertz CT molecular complexity index is 889. The minimum Gasteiger partial charge on any atom is -0.489 e. The number of aliphatic imine (C=N–C) groups is 1. The van der Waals surface area contributed by atoms with Crippen LogP contribution in [-0.2, 0) is 16.1 Å². The molecule has 6 heteroatoms. The molecule has 2 aromatic rings. The van der Waals surface area contributed by atoms with E-state index in [0.717, 1.165) is 27.7 Å². The maximum atomic E-state index is 11.9. The molecule has 1 aliphatic rings. The average Bonchev–Trinajstić information content (AvgIpc) is 3.11. The first-order valence-electron chi connectivity index (χ1n) is 9.62. The van der Waals surface area contributed by atoms with Crippen LogP contribution < -0.4 is 4.74 Å². The zero-order chi connectivity index (χ0) is 20.6. The number of carbonyl (C=O) groups excluding carboxylic acids is 1. The van der Waals surface area contributed by atoms with Crippen LogP contribution in [0.5, 0.6) is 5.75 Å². The zero-order valence-electron chi connectivity index (χ0n) is 16.9. The highest BCUT2D eigenvalue weighted by Crippen LogP contribution is 2.32. The summed E-state index contributed by atoms with van der Waals surface area (Å²) < 4.78 is 12.4. The minimum absolute atomic E-state index is 0.152. The molecule has 0 aliphatic carbocycles. The van der Waals surface area contributed by atoms with Gasteiger partial charge >= 0.3 is 0 Å². The number of thioether (sulfide) groups is 2. The zero-order valence-corrected chi connectivity index (χ0v) is 18.5. The number of rotatable bonds is 8. The molecule has 0 bridgehead atoms. The Balaban J connectivity index is 1.56. The molecule has 1 amide bonds. The third-order valence-corrected chi connectivity index (χ3v) is 6.42. The van der Waals surface area contributed by atoms with Crippen molar-refractivity contribution in [1.82, 2.24) is 0 Å². The molecule has 1 heterocycles.